The van der Waals surface area contributed by atoms with Crippen LogP contribution in [0.4, 0.5) is 11.5 Å². The van der Waals surface area contributed by atoms with Gasteiger partial charge >= 0.3 is 5.97 Å². The molecule has 0 spiro atoms. The SMILES string of the molecule is COC(=O)c1ccc(C(=O)Nc2ccc(Cl)cn2)c(NC(=O)c2ccc(C)cc2OCCCN)c1. The molecule has 1 aromatic heterocycles. The highest BCUT2D eigenvalue weighted by molar-refractivity contribution is 6.30. The molecule has 9 nitrogen and oxygen atoms in total. The van der Waals surface area contributed by atoms with Gasteiger partial charge in [0.2, 0.25) is 0 Å². The molecule has 4 N–H and O–H groups in total. The highest BCUT2D eigenvalue weighted by Crippen LogP contribution is 2.25. The lowest BCUT2D eigenvalue weighted by Gasteiger charge is -2.15. The Hall–Kier alpha value is -3.95. The van der Waals surface area contributed by atoms with Crippen LogP contribution in [-0.4, -0.2) is 43.0 Å². The molecule has 0 unspecified atom stereocenters. The molecular weight excluding hydrogens is 472 g/mol. The molecule has 0 aliphatic carbocycles. The highest BCUT2D eigenvalue weighted by Gasteiger charge is 2.20. The van der Waals surface area contributed by atoms with E-state index in [4.69, 9.17) is 26.8 Å². The van der Waals surface area contributed by atoms with Crippen LogP contribution >= 0.6 is 11.6 Å². The second-order valence-electron chi connectivity index (χ2n) is 7.51. The van der Waals surface area contributed by atoms with Crippen molar-refractivity contribution < 1.29 is 23.9 Å². The third kappa shape index (κ3) is 6.78. The van der Waals surface area contributed by atoms with Crippen molar-refractivity contribution in [3.05, 3.63) is 82.0 Å². The molecule has 0 aliphatic heterocycles. The summed E-state index contributed by atoms with van der Waals surface area (Å²) in [5.41, 5.74) is 7.09. The molecule has 0 aliphatic rings. The number of nitrogens with one attached hydrogen (secondary N) is 2. The molecule has 0 atom stereocenters. The second kappa shape index (κ2) is 12.0. The van der Waals surface area contributed by atoms with Gasteiger partial charge in [0.25, 0.3) is 11.8 Å². The minimum Gasteiger partial charge on any atom is -0.493 e. The van der Waals surface area contributed by atoms with Crippen LogP contribution in [0.3, 0.4) is 0 Å². The van der Waals surface area contributed by atoms with Crippen LogP contribution in [-0.2, 0) is 4.74 Å². The number of amides is 2. The average Bonchev–Trinajstić information content (AvgIpc) is 2.85. The van der Waals surface area contributed by atoms with E-state index in [1.807, 2.05) is 6.92 Å². The maximum absolute atomic E-state index is 13.2. The number of hydrogen-bond acceptors (Lipinski definition) is 7. The number of nitrogens with two attached hydrogens (primary N) is 1. The fraction of sp³-hybridized carbons (Fsp3) is 0.200. The van der Waals surface area contributed by atoms with Gasteiger partial charge in [-0.2, -0.15) is 0 Å². The predicted molar refractivity (Wildman–Crippen MR) is 133 cm³/mol. The minimum atomic E-state index is -0.618. The molecule has 2 aromatic carbocycles. The van der Waals surface area contributed by atoms with E-state index < -0.39 is 17.8 Å². The number of esters is 1. The first-order valence-corrected chi connectivity index (χ1v) is 11.1. The number of anilines is 2. The average molecular weight is 497 g/mol. The zero-order valence-electron chi connectivity index (χ0n) is 19.3. The molecule has 2 amide bonds. The number of benzene rings is 2. The van der Waals surface area contributed by atoms with Crippen LogP contribution in [0.2, 0.25) is 5.02 Å². The largest absolute Gasteiger partial charge is 0.493 e. The summed E-state index contributed by atoms with van der Waals surface area (Å²) in [5, 5.41) is 5.78. The molecule has 0 fully saturated rings. The van der Waals surface area contributed by atoms with Crippen molar-refractivity contribution in [2.75, 3.05) is 30.9 Å². The molecule has 35 heavy (non-hydrogen) atoms. The third-order valence-electron chi connectivity index (χ3n) is 4.89. The number of carbonyl (C=O) groups is 3. The summed E-state index contributed by atoms with van der Waals surface area (Å²) >= 11 is 5.85. The summed E-state index contributed by atoms with van der Waals surface area (Å²) in [6.45, 7) is 2.68. The van der Waals surface area contributed by atoms with Crippen LogP contribution in [0.1, 0.15) is 43.1 Å². The Bertz CT molecular complexity index is 1230. The van der Waals surface area contributed by atoms with Crippen molar-refractivity contribution >= 4 is 40.9 Å². The topological polar surface area (TPSA) is 133 Å². The molecule has 1 heterocycles. The van der Waals surface area contributed by atoms with E-state index >= 15 is 0 Å². The lowest BCUT2D eigenvalue weighted by Crippen LogP contribution is -2.20. The Morgan fingerprint density at radius 1 is 1.00 bits per heavy atom. The normalized spacial score (nSPS) is 10.4. The quantitative estimate of drug-likeness (QED) is 0.300. The van der Waals surface area contributed by atoms with Gasteiger partial charge in [-0.25, -0.2) is 9.78 Å². The second-order valence-corrected chi connectivity index (χ2v) is 7.95. The van der Waals surface area contributed by atoms with E-state index in [1.54, 1.807) is 30.3 Å². The molecule has 182 valence electrons. The van der Waals surface area contributed by atoms with Gasteiger partial charge in [-0.15, -0.1) is 0 Å². The van der Waals surface area contributed by atoms with E-state index in [-0.39, 0.29) is 28.2 Å². The van der Waals surface area contributed by atoms with Crippen molar-refractivity contribution in [3.63, 3.8) is 0 Å². The van der Waals surface area contributed by atoms with Crippen LogP contribution < -0.4 is 21.1 Å². The van der Waals surface area contributed by atoms with Gasteiger partial charge in [-0.1, -0.05) is 17.7 Å². The number of rotatable bonds is 9. The molecule has 0 saturated carbocycles. The van der Waals surface area contributed by atoms with Crippen LogP contribution in [0.15, 0.2) is 54.7 Å². The molecule has 0 saturated heterocycles. The van der Waals surface area contributed by atoms with Gasteiger partial charge in [-0.3, -0.25) is 9.59 Å². The van der Waals surface area contributed by atoms with Gasteiger partial charge in [0.05, 0.1) is 41.1 Å². The number of methoxy groups -OCH3 is 1. The summed E-state index contributed by atoms with van der Waals surface area (Å²) < 4.78 is 10.5. The van der Waals surface area contributed by atoms with Gasteiger partial charge in [0.1, 0.15) is 11.6 Å². The van der Waals surface area contributed by atoms with Crippen LogP contribution in [0, 0.1) is 6.92 Å². The number of hydrogen-bond donors (Lipinski definition) is 3. The fourth-order valence-corrected chi connectivity index (χ4v) is 3.23. The van der Waals surface area contributed by atoms with E-state index in [9.17, 15) is 14.4 Å². The lowest BCUT2D eigenvalue weighted by molar-refractivity contribution is 0.0600. The summed E-state index contributed by atoms with van der Waals surface area (Å²) in [7, 11) is 1.24. The summed E-state index contributed by atoms with van der Waals surface area (Å²) in [4.78, 5) is 42.3. The van der Waals surface area contributed by atoms with Crippen molar-refractivity contribution in [1.82, 2.24) is 4.98 Å². The van der Waals surface area contributed by atoms with Crippen molar-refractivity contribution in [2.24, 2.45) is 5.73 Å². The highest BCUT2D eigenvalue weighted by atomic mass is 35.5. The Labute approximate surface area is 207 Å². The summed E-state index contributed by atoms with van der Waals surface area (Å²) in [5.74, 6) is -1.03. The zero-order valence-corrected chi connectivity index (χ0v) is 20.0. The smallest absolute Gasteiger partial charge is 0.337 e. The molecule has 10 heteroatoms. The summed E-state index contributed by atoms with van der Waals surface area (Å²) in [6.07, 6.45) is 2.02. The Morgan fingerprint density at radius 3 is 2.43 bits per heavy atom. The monoisotopic (exact) mass is 496 g/mol. The number of aryl methyl sites for hydroxylation is 1. The number of aromatic nitrogens is 1. The van der Waals surface area contributed by atoms with Gasteiger partial charge < -0.3 is 25.8 Å². The van der Waals surface area contributed by atoms with E-state index in [1.165, 1.54) is 31.5 Å². The van der Waals surface area contributed by atoms with Gasteiger partial charge in [0, 0.05) is 6.20 Å². The Kier molecular flexibility index (Phi) is 8.77. The van der Waals surface area contributed by atoms with Crippen molar-refractivity contribution in [3.8, 4) is 5.75 Å². The molecule has 3 aromatic rings. The number of ether oxygens (including phenoxy) is 2. The maximum atomic E-state index is 13.2. The molecule has 0 bridgehead atoms. The fourth-order valence-electron chi connectivity index (χ4n) is 3.12. The Morgan fingerprint density at radius 2 is 1.74 bits per heavy atom. The molecule has 0 radical (unpaired) electrons. The first kappa shape index (κ1) is 25.7. The third-order valence-corrected chi connectivity index (χ3v) is 5.11. The summed E-state index contributed by atoms with van der Waals surface area (Å²) in [6, 6.07) is 12.5. The van der Waals surface area contributed by atoms with Gasteiger partial charge in [0.15, 0.2) is 0 Å². The number of nitrogens with zero attached hydrogens (tertiary/aromatic N) is 1. The first-order chi connectivity index (χ1) is 16.8. The molecular formula is C25H25ClN4O5. The number of halogens is 1. The minimum absolute atomic E-state index is 0.109. The maximum Gasteiger partial charge on any atom is 0.337 e. The van der Waals surface area contributed by atoms with E-state index in [2.05, 4.69) is 15.6 Å². The standard InChI is InChI=1S/C25H25ClN4O5/c1-15-4-7-19(21(12-15)35-11-3-10-27)24(32)29-20-13-16(25(33)34-2)5-8-18(20)23(31)30-22-9-6-17(26)14-28-22/h4-9,12-14H,3,10-11,27H2,1-2H3,(H,29,32)(H,28,30,31). The van der Waals surface area contributed by atoms with E-state index in [0.717, 1.165) is 5.56 Å². The number of pyridine rings is 1. The van der Waals surface area contributed by atoms with E-state index in [0.29, 0.717) is 30.3 Å². The van der Waals surface area contributed by atoms with Gasteiger partial charge in [-0.05, 0) is 67.9 Å². The first-order valence-electron chi connectivity index (χ1n) is 10.7. The molecule has 3 rings (SSSR count). The zero-order chi connectivity index (χ0) is 25.4. The Balaban J connectivity index is 1.93. The predicted octanol–water partition coefficient (Wildman–Crippen LogP) is 4.06. The van der Waals surface area contributed by atoms with Crippen molar-refractivity contribution in [1.29, 1.82) is 0 Å². The van der Waals surface area contributed by atoms with Crippen LogP contribution in [0.25, 0.3) is 0 Å². The number of carbonyl (C=O) groups excluding carboxylic acids is 3. The van der Waals surface area contributed by atoms with Crippen molar-refractivity contribution in [2.45, 2.75) is 13.3 Å². The lowest BCUT2D eigenvalue weighted by atomic mass is 10.1. The van der Waals surface area contributed by atoms with Crippen LogP contribution in [0.5, 0.6) is 5.75 Å².